The van der Waals surface area contributed by atoms with Crippen LogP contribution < -0.4 is 5.32 Å². The largest absolute Gasteiger partial charge is 0.393 e. The molecule has 1 saturated heterocycles. The van der Waals surface area contributed by atoms with Crippen molar-refractivity contribution in [3.05, 3.63) is 35.9 Å². The van der Waals surface area contributed by atoms with Gasteiger partial charge in [0.1, 0.15) is 12.7 Å². The van der Waals surface area contributed by atoms with E-state index in [1.165, 1.54) is 22.2 Å². The number of anilines is 1. The van der Waals surface area contributed by atoms with Crippen molar-refractivity contribution in [2.75, 3.05) is 25.0 Å². The van der Waals surface area contributed by atoms with Crippen LogP contribution in [0.1, 0.15) is 12.8 Å². The molecule has 10 heteroatoms. The molecule has 0 radical (unpaired) electrons. The first kappa shape index (κ1) is 18.7. The number of likely N-dealkylation sites (tertiary alicyclic amines) is 1. The molecule has 1 fully saturated rings. The Hall–Kier alpha value is -2.13. The van der Waals surface area contributed by atoms with E-state index in [9.17, 15) is 18.0 Å². The van der Waals surface area contributed by atoms with Crippen LogP contribution in [-0.4, -0.2) is 51.4 Å². The minimum atomic E-state index is -4.23. The highest BCUT2D eigenvalue weighted by atomic mass is 35.5. The number of benzene rings is 1. The number of nitrogens with one attached hydrogen (secondary N) is 1. The van der Waals surface area contributed by atoms with Crippen molar-refractivity contribution in [3.63, 3.8) is 0 Å². The molecule has 1 aromatic heterocycles. The third-order valence-electron chi connectivity index (χ3n) is 4.23. The van der Waals surface area contributed by atoms with Crippen molar-refractivity contribution in [3.8, 4) is 5.69 Å². The van der Waals surface area contributed by atoms with Crippen LogP contribution in [0.2, 0.25) is 5.02 Å². The zero-order valence-corrected chi connectivity index (χ0v) is 14.5. The third kappa shape index (κ3) is 4.53. The Kier molecular flexibility index (Phi) is 5.47. The van der Waals surface area contributed by atoms with Crippen LogP contribution in [-0.2, 0) is 4.79 Å². The van der Waals surface area contributed by atoms with Crippen molar-refractivity contribution in [1.29, 1.82) is 0 Å². The maximum absolute atomic E-state index is 12.9. The fourth-order valence-electron chi connectivity index (χ4n) is 3.00. The van der Waals surface area contributed by atoms with Gasteiger partial charge in [-0.1, -0.05) is 11.6 Å². The van der Waals surface area contributed by atoms with Crippen LogP contribution in [0, 0.1) is 5.92 Å². The van der Waals surface area contributed by atoms with E-state index in [2.05, 4.69) is 15.4 Å². The average Bonchev–Trinajstić information content (AvgIpc) is 3.08. The Labute approximate surface area is 153 Å². The van der Waals surface area contributed by atoms with Gasteiger partial charge in [-0.2, -0.15) is 18.3 Å². The van der Waals surface area contributed by atoms with E-state index in [0.717, 1.165) is 0 Å². The summed E-state index contributed by atoms with van der Waals surface area (Å²) in [6.07, 6.45) is -0.893. The molecule has 1 aliphatic rings. The van der Waals surface area contributed by atoms with Gasteiger partial charge in [-0.3, -0.25) is 9.69 Å². The molecule has 1 aliphatic heterocycles. The molecule has 2 heterocycles. The molecule has 1 amide bonds. The second-order valence-corrected chi connectivity index (χ2v) is 6.60. The summed E-state index contributed by atoms with van der Waals surface area (Å²) < 4.78 is 40.2. The summed E-state index contributed by atoms with van der Waals surface area (Å²) in [6.45, 7) is 0.184. The number of aromatic nitrogens is 3. The summed E-state index contributed by atoms with van der Waals surface area (Å²) in [4.78, 5) is 17.7. The van der Waals surface area contributed by atoms with Crippen molar-refractivity contribution in [2.45, 2.75) is 19.0 Å². The smallest absolute Gasteiger partial charge is 0.323 e. The highest BCUT2D eigenvalue weighted by Crippen LogP contribution is 2.33. The second kappa shape index (κ2) is 7.63. The van der Waals surface area contributed by atoms with Gasteiger partial charge in [-0.25, -0.2) is 9.67 Å². The molecule has 2 aromatic rings. The summed E-state index contributed by atoms with van der Waals surface area (Å²) in [7, 11) is 0. The monoisotopic (exact) mass is 387 g/mol. The van der Waals surface area contributed by atoms with Crippen LogP contribution in [0.3, 0.4) is 0 Å². The Morgan fingerprint density at radius 1 is 1.38 bits per heavy atom. The van der Waals surface area contributed by atoms with Gasteiger partial charge < -0.3 is 5.32 Å². The number of hydrogen-bond donors (Lipinski definition) is 1. The molecular formula is C16H17ClF3N5O. The molecule has 6 nitrogen and oxygen atoms in total. The zero-order valence-electron chi connectivity index (χ0n) is 13.7. The highest BCUT2D eigenvalue weighted by molar-refractivity contribution is 6.31. The molecule has 26 heavy (non-hydrogen) atoms. The van der Waals surface area contributed by atoms with Crippen LogP contribution in [0.25, 0.3) is 5.69 Å². The SMILES string of the molecule is O=C(CN1CCCC(C(F)(F)F)C1)Nc1cc(Cl)ccc1-n1cncn1. The fraction of sp³-hybridized carbons (Fsp3) is 0.438. The lowest BCUT2D eigenvalue weighted by atomic mass is 9.97. The van der Waals surface area contributed by atoms with E-state index in [1.807, 2.05) is 0 Å². The first-order chi connectivity index (χ1) is 12.3. The summed E-state index contributed by atoms with van der Waals surface area (Å²) in [5.41, 5.74) is 0.976. The summed E-state index contributed by atoms with van der Waals surface area (Å²) >= 11 is 5.99. The van der Waals surface area contributed by atoms with Gasteiger partial charge in [0, 0.05) is 11.6 Å². The number of halogens is 4. The molecular weight excluding hydrogens is 371 g/mol. The van der Waals surface area contributed by atoms with Gasteiger partial charge in [0.2, 0.25) is 5.91 Å². The number of rotatable bonds is 4. The van der Waals surface area contributed by atoms with Gasteiger partial charge in [0.25, 0.3) is 0 Å². The van der Waals surface area contributed by atoms with Crippen molar-refractivity contribution in [2.24, 2.45) is 5.92 Å². The zero-order chi connectivity index (χ0) is 18.7. The lowest BCUT2D eigenvalue weighted by molar-refractivity contribution is -0.186. The number of alkyl halides is 3. The van der Waals surface area contributed by atoms with Gasteiger partial charge in [0.05, 0.1) is 23.8 Å². The minimum Gasteiger partial charge on any atom is -0.323 e. The Balaban J connectivity index is 1.68. The van der Waals surface area contributed by atoms with Gasteiger partial charge in [0.15, 0.2) is 0 Å². The quantitative estimate of drug-likeness (QED) is 0.875. The lowest BCUT2D eigenvalue weighted by Crippen LogP contribution is -2.44. The maximum Gasteiger partial charge on any atom is 0.393 e. The third-order valence-corrected chi connectivity index (χ3v) is 4.47. The Morgan fingerprint density at radius 2 is 2.19 bits per heavy atom. The molecule has 1 unspecified atom stereocenters. The van der Waals surface area contributed by atoms with Crippen molar-refractivity contribution >= 4 is 23.2 Å². The number of hydrogen-bond acceptors (Lipinski definition) is 4. The van der Waals surface area contributed by atoms with E-state index in [-0.39, 0.29) is 19.5 Å². The first-order valence-corrected chi connectivity index (χ1v) is 8.44. The van der Waals surface area contributed by atoms with Crippen LogP contribution >= 0.6 is 11.6 Å². The van der Waals surface area contributed by atoms with Crippen molar-refractivity contribution in [1.82, 2.24) is 19.7 Å². The molecule has 0 bridgehead atoms. The predicted octanol–water partition coefficient (Wildman–Crippen LogP) is 3.13. The van der Waals surface area contributed by atoms with Gasteiger partial charge >= 0.3 is 6.18 Å². The maximum atomic E-state index is 12.9. The topological polar surface area (TPSA) is 63.1 Å². The van der Waals surface area contributed by atoms with E-state index in [1.54, 1.807) is 18.2 Å². The Bertz CT molecular complexity index is 766. The van der Waals surface area contributed by atoms with E-state index >= 15 is 0 Å². The van der Waals surface area contributed by atoms with E-state index in [4.69, 9.17) is 11.6 Å². The summed E-state index contributed by atoms with van der Waals surface area (Å²) in [5, 5.41) is 7.13. The summed E-state index contributed by atoms with van der Waals surface area (Å²) in [6, 6.07) is 4.88. The number of piperidine rings is 1. The molecule has 0 aliphatic carbocycles. The Morgan fingerprint density at radius 3 is 2.88 bits per heavy atom. The highest BCUT2D eigenvalue weighted by Gasteiger charge is 2.41. The van der Waals surface area contributed by atoms with Crippen LogP contribution in [0.4, 0.5) is 18.9 Å². The number of carbonyl (C=O) groups is 1. The summed E-state index contributed by atoms with van der Waals surface area (Å²) in [5.74, 6) is -1.79. The predicted molar refractivity (Wildman–Crippen MR) is 90.2 cm³/mol. The molecule has 1 aromatic carbocycles. The number of carbonyl (C=O) groups excluding carboxylic acids is 1. The molecule has 1 atom stereocenters. The normalized spacial score (nSPS) is 18.7. The molecule has 140 valence electrons. The minimum absolute atomic E-state index is 0.104. The fourth-order valence-corrected chi connectivity index (χ4v) is 3.17. The lowest BCUT2D eigenvalue weighted by Gasteiger charge is -2.33. The van der Waals surface area contributed by atoms with Gasteiger partial charge in [-0.15, -0.1) is 0 Å². The van der Waals surface area contributed by atoms with E-state index < -0.39 is 18.0 Å². The van der Waals surface area contributed by atoms with Crippen molar-refractivity contribution < 1.29 is 18.0 Å². The second-order valence-electron chi connectivity index (χ2n) is 6.17. The first-order valence-electron chi connectivity index (χ1n) is 8.06. The number of amides is 1. The number of nitrogens with zero attached hydrogens (tertiary/aromatic N) is 4. The molecule has 3 rings (SSSR count). The molecule has 0 saturated carbocycles. The van der Waals surface area contributed by atoms with E-state index in [0.29, 0.717) is 29.4 Å². The molecule has 1 N–H and O–H groups in total. The van der Waals surface area contributed by atoms with Gasteiger partial charge in [-0.05, 0) is 37.6 Å². The molecule has 0 spiro atoms. The van der Waals surface area contributed by atoms with Crippen LogP contribution in [0.15, 0.2) is 30.9 Å². The van der Waals surface area contributed by atoms with Crippen LogP contribution in [0.5, 0.6) is 0 Å². The standard InChI is InChI=1S/C16H17ClF3N5O/c17-12-3-4-14(25-10-21-9-22-25)13(6-12)23-15(26)8-24-5-1-2-11(7-24)16(18,19)20/h3-4,6,9-11H,1-2,5,7-8H2,(H,23,26). The average molecular weight is 388 g/mol.